The van der Waals surface area contributed by atoms with Crippen LogP contribution in [0.25, 0.3) is 11.1 Å². The molecule has 3 aromatic carbocycles. The van der Waals surface area contributed by atoms with Crippen molar-refractivity contribution in [1.29, 1.82) is 0 Å². The van der Waals surface area contributed by atoms with Crippen LogP contribution in [0.2, 0.25) is 5.32 Å². The van der Waals surface area contributed by atoms with Gasteiger partial charge in [0.15, 0.2) is 0 Å². The third kappa shape index (κ3) is 3.48. The molecule has 0 atom stereocenters. The molecule has 0 aliphatic heterocycles. The zero-order valence-electron chi connectivity index (χ0n) is 16.7. The predicted octanol–water partition coefficient (Wildman–Crippen LogP) is 6.49. The first kappa shape index (κ1) is 19.2. The SMILES string of the molecule is CCCC[Se]C(=NCc1ccccc1)C1(C)c2ccccc2-c2ccccc21. The predicted molar refractivity (Wildman–Crippen MR) is 121 cm³/mol. The fourth-order valence-corrected chi connectivity index (χ4v) is 6.80. The van der Waals surface area contributed by atoms with Crippen LogP contribution in [0.3, 0.4) is 0 Å². The number of nitrogens with zero attached hydrogens (tertiary/aromatic N) is 1. The van der Waals surface area contributed by atoms with E-state index in [4.69, 9.17) is 4.99 Å². The van der Waals surface area contributed by atoms with Crippen LogP contribution >= 0.6 is 0 Å². The molecule has 0 N–H and O–H groups in total. The van der Waals surface area contributed by atoms with Crippen molar-refractivity contribution in [1.82, 2.24) is 0 Å². The summed E-state index contributed by atoms with van der Waals surface area (Å²) in [7, 11) is 0. The van der Waals surface area contributed by atoms with Gasteiger partial charge in [0, 0.05) is 0 Å². The van der Waals surface area contributed by atoms with Gasteiger partial charge in [0.1, 0.15) is 0 Å². The van der Waals surface area contributed by atoms with Crippen LogP contribution in [0.1, 0.15) is 43.4 Å². The molecule has 2 heteroatoms. The van der Waals surface area contributed by atoms with E-state index in [9.17, 15) is 0 Å². The summed E-state index contributed by atoms with van der Waals surface area (Å²) >= 11 is 0.393. The Labute approximate surface area is 175 Å². The van der Waals surface area contributed by atoms with Gasteiger partial charge in [-0.15, -0.1) is 0 Å². The van der Waals surface area contributed by atoms with Gasteiger partial charge in [-0.05, 0) is 0 Å². The van der Waals surface area contributed by atoms with Gasteiger partial charge in [0.05, 0.1) is 0 Å². The zero-order chi connectivity index (χ0) is 19.4. The minimum absolute atomic E-state index is 0.115. The molecule has 0 heterocycles. The number of hydrogen-bond acceptors (Lipinski definition) is 1. The van der Waals surface area contributed by atoms with Crippen molar-refractivity contribution < 1.29 is 0 Å². The van der Waals surface area contributed by atoms with Crippen molar-refractivity contribution in [2.75, 3.05) is 0 Å². The minimum atomic E-state index is -0.115. The Hall–Kier alpha value is -2.15. The van der Waals surface area contributed by atoms with Crippen LogP contribution in [0.5, 0.6) is 0 Å². The molecule has 0 spiro atoms. The Bertz CT molecular complexity index is 929. The summed E-state index contributed by atoms with van der Waals surface area (Å²) in [6.07, 6.45) is 2.53. The number of fused-ring (bicyclic) bond motifs is 3. The molecule has 0 unspecified atom stereocenters. The van der Waals surface area contributed by atoms with Gasteiger partial charge in [0.25, 0.3) is 0 Å². The summed E-state index contributed by atoms with van der Waals surface area (Å²) in [5, 5.41) is 1.26. The average molecular weight is 432 g/mol. The molecule has 1 nitrogen and oxygen atoms in total. The third-order valence-corrected chi connectivity index (χ3v) is 8.37. The number of unbranched alkanes of at least 4 members (excludes halogenated alkanes) is 1. The normalized spacial score (nSPS) is 14.6. The molecular formula is C26H27NSe. The Morgan fingerprint density at radius 2 is 1.39 bits per heavy atom. The van der Waals surface area contributed by atoms with Crippen LogP contribution < -0.4 is 0 Å². The van der Waals surface area contributed by atoms with E-state index in [1.165, 1.54) is 50.6 Å². The second-order valence-corrected chi connectivity index (χ2v) is 9.80. The molecule has 0 bridgehead atoms. The maximum atomic E-state index is 5.26. The van der Waals surface area contributed by atoms with Crippen molar-refractivity contribution in [2.24, 2.45) is 4.99 Å². The van der Waals surface area contributed by atoms with Gasteiger partial charge in [-0.2, -0.15) is 0 Å². The van der Waals surface area contributed by atoms with Gasteiger partial charge < -0.3 is 0 Å². The molecule has 142 valence electrons. The second-order valence-electron chi connectivity index (χ2n) is 7.53. The van der Waals surface area contributed by atoms with Gasteiger partial charge in [-0.3, -0.25) is 0 Å². The molecule has 0 fully saturated rings. The zero-order valence-corrected chi connectivity index (χ0v) is 18.4. The second kappa shape index (κ2) is 8.47. The third-order valence-electron chi connectivity index (χ3n) is 5.63. The summed E-state index contributed by atoms with van der Waals surface area (Å²) in [6.45, 7) is 5.44. The quantitative estimate of drug-likeness (QED) is 0.230. The topological polar surface area (TPSA) is 12.4 Å². The summed E-state index contributed by atoms with van der Waals surface area (Å²) in [4.78, 5) is 5.26. The maximum absolute atomic E-state index is 5.26. The van der Waals surface area contributed by atoms with Gasteiger partial charge >= 0.3 is 175 Å². The number of aliphatic imine (C=N–C) groups is 1. The van der Waals surface area contributed by atoms with Crippen molar-refractivity contribution in [3.05, 3.63) is 95.6 Å². The van der Waals surface area contributed by atoms with E-state index in [2.05, 4.69) is 92.7 Å². The van der Waals surface area contributed by atoms with Crippen molar-refractivity contribution in [3.63, 3.8) is 0 Å². The standard InChI is InChI=1S/C26H27NSe/c1-3-4-18-28-25(27-19-20-12-6-5-7-13-20)26(2)23-16-10-8-14-21(23)22-15-9-11-17-24(22)26/h5-17H,3-4,18-19H2,1-2H3. The van der Waals surface area contributed by atoms with Crippen LogP contribution in [0.4, 0.5) is 0 Å². The van der Waals surface area contributed by atoms with Gasteiger partial charge in [-0.1, -0.05) is 0 Å². The number of rotatable bonds is 7. The molecule has 0 aromatic heterocycles. The van der Waals surface area contributed by atoms with Crippen LogP contribution in [-0.2, 0) is 12.0 Å². The summed E-state index contributed by atoms with van der Waals surface area (Å²) in [6, 6.07) is 28.5. The Kier molecular flexibility index (Phi) is 5.80. The molecule has 28 heavy (non-hydrogen) atoms. The first-order chi connectivity index (χ1) is 13.7. The fraction of sp³-hybridized carbons (Fsp3) is 0.269. The monoisotopic (exact) mass is 433 g/mol. The van der Waals surface area contributed by atoms with E-state index in [0.29, 0.717) is 15.0 Å². The van der Waals surface area contributed by atoms with Gasteiger partial charge in [0.2, 0.25) is 0 Å². The molecule has 4 rings (SSSR count). The fourth-order valence-electron chi connectivity index (χ4n) is 4.09. The first-order valence-electron chi connectivity index (χ1n) is 10.2. The molecule has 1 aliphatic rings. The Balaban J connectivity index is 1.80. The van der Waals surface area contributed by atoms with Crippen LogP contribution in [0.15, 0.2) is 83.9 Å². The van der Waals surface area contributed by atoms with E-state index in [1.807, 2.05) is 0 Å². The number of benzene rings is 3. The molecule has 0 amide bonds. The van der Waals surface area contributed by atoms with Crippen molar-refractivity contribution in [3.8, 4) is 11.1 Å². The van der Waals surface area contributed by atoms with Crippen molar-refractivity contribution >= 4 is 19.6 Å². The van der Waals surface area contributed by atoms with E-state index in [1.54, 1.807) is 0 Å². The Morgan fingerprint density at radius 1 is 0.821 bits per heavy atom. The molecule has 3 aromatic rings. The summed E-state index contributed by atoms with van der Waals surface area (Å²) in [5.41, 5.74) is 6.76. The van der Waals surface area contributed by atoms with E-state index in [0.717, 1.165) is 6.54 Å². The molecule has 0 saturated heterocycles. The van der Waals surface area contributed by atoms with E-state index >= 15 is 0 Å². The van der Waals surface area contributed by atoms with E-state index in [-0.39, 0.29) is 5.41 Å². The van der Waals surface area contributed by atoms with Crippen LogP contribution in [0, 0.1) is 0 Å². The van der Waals surface area contributed by atoms with Crippen LogP contribution in [-0.4, -0.2) is 19.6 Å². The summed E-state index contributed by atoms with van der Waals surface area (Å²) < 4.78 is 1.38. The van der Waals surface area contributed by atoms with E-state index < -0.39 is 0 Å². The van der Waals surface area contributed by atoms with Crippen molar-refractivity contribution in [2.45, 2.75) is 44.0 Å². The first-order valence-corrected chi connectivity index (χ1v) is 12.2. The molecule has 0 radical (unpaired) electrons. The molecule has 0 saturated carbocycles. The summed E-state index contributed by atoms with van der Waals surface area (Å²) in [5.74, 6) is 0. The number of hydrogen-bond donors (Lipinski definition) is 0. The molecule has 1 aliphatic carbocycles. The average Bonchev–Trinajstić information content (AvgIpc) is 3.01. The van der Waals surface area contributed by atoms with Gasteiger partial charge in [-0.25, -0.2) is 0 Å². The molecular weight excluding hydrogens is 405 g/mol. The Morgan fingerprint density at radius 3 is 2.00 bits per heavy atom.